The van der Waals surface area contributed by atoms with Gasteiger partial charge in [-0.1, -0.05) is 23.8 Å². The van der Waals surface area contributed by atoms with E-state index in [2.05, 4.69) is 5.32 Å². The van der Waals surface area contributed by atoms with Crippen molar-refractivity contribution in [2.24, 2.45) is 0 Å². The van der Waals surface area contributed by atoms with E-state index in [1.165, 1.54) is 6.07 Å². The van der Waals surface area contributed by atoms with Crippen LogP contribution in [0.15, 0.2) is 42.5 Å². The van der Waals surface area contributed by atoms with Gasteiger partial charge in [-0.15, -0.1) is 0 Å². The van der Waals surface area contributed by atoms with E-state index in [1.807, 2.05) is 25.1 Å². The number of rotatable bonds is 3. The van der Waals surface area contributed by atoms with Crippen molar-refractivity contribution in [2.45, 2.75) is 13.0 Å². The first kappa shape index (κ1) is 14.1. The van der Waals surface area contributed by atoms with Crippen LogP contribution in [0.3, 0.4) is 0 Å². The zero-order valence-electron chi connectivity index (χ0n) is 12.3. The second-order valence-electron chi connectivity index (χ2n) is 5.45. The summed E-state index contributed by atoms with van der Waals surface area (Å²) in [4.78, 5) is 25.2. The van der Waals surface area contributed by atoms with Crippen LogP contribution < -0.4 is 10.2 Å². The van der Waals surface area contributed by atoms with E-state index in [-0.39, 0.29) is 11.5 Å². The molecule has 22 heavy (non-hydrogen) atoms. The summed E-state index contributed by atoms with van der Waals surface area (Å²) >= 11 is 0. The Bertz CT molecular complexity index is 770. The van der Waals surface area contributed by atoms with Crippen LogP contribution in [0.2, 0.25) is 0 Å². The molecular formula is C17H16N2O3. The number of hydrogen-bond donors (Lipinski definition) is 2. The molecule has 1 amide bonds. The van der Waals surface area contributed by atoms with Gasteiger partial charge in [-0.2, -0.15) is 0 Å². The predicted molar refractivity (Wildman–Crippen MR) is 84.4 cm³/mol. The van der Waals surface area contributed by atoms with Crippen LogP contribution >= 0.6 is 0 Å². The topological polar surface area (TPSA) is 69.6 Å². The van der Waals surface area contributed by atoms with Gasteiger partial charge < -0.3 is 15.3 Å². The molecule has 0 bridgehead atoms. The van der Waals surface area contributed by atoms with E-state index in [1.54, 1.807) is 30.1 Å². The first-order valence-electron chi connectivity index (χ1n) is 6.95. The molecule has 5 nitrogen and oxygen atoms in total. The number of fused-ring (bicyclic) bond motifs is 1. The monoisotopic (exact) mass is 296 g/mol. The number of nitrogens with one attached hydrogen (secondary N) is 1. The molecule has 2 N–H and O–H groups in total. The molecule has 3 rings (SSSR count). The van der Waals surface area contributed by atoms with E-state index in [0.29, 0.717) is 5.69 Å². The number of likely N-dealkylation sites (N-methyl/N-ethyl adjacent to an activating group) is 1. The molecule has 2 aromatic carbocycles. The molecule has 1 heterocycles. The molecule has 112 valence electrons. The number of aromatic carboxylic acids is 1. The van der Waals surface area contributed by atoms with Gasteiger partial charge in [0.2, 0.25) is 0 Å². The Hall–Kier alpha value is -2.82. The van der Waals surface area contributed by atoms with Gasteiger partial charge in [-0.3, -0.25) is 4.79 Å². The van der Waals surface area contributed by atoms with Gasteiger partial charge in [0, 0.05) is 24.0 Å². The molecule has 1 unspecified atom stereocenters. The first-order chi connectivity index (χ1) is 10.5. The number of carboxylic acids is 1. The van der Waals surface area contributed by atoms with Crippen molar-refractivity contribution < 1.29 is 14.7 Å². The number of nitrogens with zero attached hydrogens (tertiary/aromatic N) is 1. The predicted octanol–water partition coefficient (Wildman–Crippen LogP) is 2.82. The molecule has 0 saturated heterocycles. The Kier molecular flexibility index (Phi) is 3.33. The molecule has 0 fully saturated rings. The van der Waals surface area contributed by atoms with Crippen LogP contribution in [-0.4, -0.2) is 24.0 Å². The summed E-state index contributed by atoms with van der Waals surface area (Å²) < 4.78 is 0. The second-order valence-corrected chi connectivity index (χ2v) is 5.45. The van der Waals surface area contributed by atoms with Crippen molar-refractivity contribution in [3.8, 4) is 0 Å². The van der Waals surface area contributed by atoms with Crippen molar-refractivity contribution in [3.05, 3.63) is 59.2 Å². The largest absolute Gasteiger partial charge is 0.478 e. The summed E-state index contributed by atoms with van der Waals surface area (Å²) in [6, 6.07) is 12.0. The third-order valence-corrected chi connectivity index (χ3v) is 3.90. The Labute approximate surface area is 128 Å². The molecule has 1 atom stereocenters. The van der Waals surface area contributed by atoms with Crippen molar-refractivity contribution in [1.29, 1.82) is 0 Å². The lowest BCUT2D eigenvalue weighted by Gasteiger charge is -2.25. The summed E-state index contributed by atoms with van der Waals surface area (Å²) in [5, 5.41) is 12.0. The number of carboxylic acid groups (broad SMARTS) is 1. The molecule has 0 radical (unpaired) electrons. The zero-order chi connectivity index (χ0) is 15.9. The van der Waals surface area contributed by atoms with Gasteiger partial charge in [-0.05, 0) is 31.2 Å². The average molecular weight is 296 g/mol. The standard InChI is InChI=1S/C17H16N2O3/c1-10-6-7-14-13(8-10)15(16(20)18-14)19(2)12-5-3-4-11(9-12)17(21)22/h3-9,15H,1-2H3,(H,18,20)(H,21,22). The molecular weight excluding hydrogens is 280 g/mol. The van der Waals surface area contributed by atoms with Gasteiger partial charge in [0.1, 0.15) is 6.04 Å². The molecule has 1 aliphatic heterocycles. The second kappa shape index (κ2) is 5.18. The van der Waals surface area contributed by atoms with E-state index in [4.69, 9.17) is 5.11 Å². The van der Waals surface area contributed by atoms with Crippen molar-refractivity contribution in [1.82, 2.24) is 0 Å². The summed E-state index contributed by atoms with van der Waals surface area (Å²) in [6.07, 6.45) is 0. The van der Waals surface area contributed by atoms with Gasteiger partial charge in [0.25, 0.3) is 5.91 Å². The number of hydrogen-bond acceptors (Lipinski definition) is 3. The fourth-order valence-corrected chi connectivity index (χ4v) is 2.76. The van der Waals surface area contributed by atoms with Crippen molar-refractivity contribution >= 4 is 23.3 Å². The number of carbonyl (C=O) groups excluding carboxylic acids is 1. The fraction of sp³-hybridized carbons (Fsp3) is 0.176. The van der Waals surface area contributed by atoms with E-state index < -0.39 is 12.0 Å². The molecule has 5 heteroatoms. The highest BCUT2D eigenvalue weighted by atomic mass is 16.4. The summed E-state index contributed by atoms with van der Waals surface area (Å²) in [6.45, 7) is 1.98. The van der Waals surface area contributed by atoms with Crippen LogP contribution in [0.5, 0.6) is 0 Å². The minimum Gasteiger partial charge on any atom is -0.478 e. The smallest absolute Gasteiger partial charge is 0.335 e. The minimum absolute atomic E-state index is 0.108. The Balaban J connectivity index is 2.01. The lowest BCUT2D eigenvalue weighted by Crippen LogP contribution is -2.29. The normalized spacial score (nSPS) is 16.1. The summed E-state index contributed by atoms with van der Waals surface area (Å²) in [5.74, 6) is -1.09. The SMILES string of the molecule is Cc1ccc2c(c1)C(N(C)c1cccc(C(=O)O)c1)C(=O)N2. The van der Waals surface area contributed by atoms with Crippen molar-refractivity contribution in [3.63, 3.8) is 0 Å². The molecule has 0 spiro atoms. The molecule has 2 aromatic rings. The van der Waals surface area contributed by atoms with Crippen LogP contribution in [0, 0.1) is 6.92 Å². The molecule has 0 aliphatic carbocycles. The maximum Gasteiger partial charge on any atom is 0.335 e. The highest BCUT2D eigenvalue weighted by Crippen LogP contribution is 2.37. The first-order valence-corrected chi connectivity index (χ1v) is 6.95. The van der Waals surface area contributed by atoms with Gasteiger partial charge in [0.05, 0.1) is 5.56 Å². The highest BCUT2D eigenvalue weighted by Gasteiger charge is 2.34. The summed E-state index contributed by atoms with van der Waals surface area (Å²) in [7, 11) is 1.79. The quantitative estimate of drug-likeness (QED) is 0.913. The van der Waals surface area contributed by atoms with Gasteiger partial charge >= 0.3 is 5.97 Å². The lowest BCUT2D eigenvalue weighted by molar-refractivity contribution is -0.116. The Morgan fingerprint density at radius 2 is 2.00 bits per heavy atom. The van der Waals surface area contributed by atoms with E-state index >= 15 is 0 Å². The number of carbonyl (C=O) groups is 2. The molecule has 0 aromatic heterocycles. The highest BCUT2D eigenvalue weighted by molar-refractivity contribution is 6.04. The number of aryl methyl sites for hydroxylation is 1. The molecule has 0 saturated carbocycles. The van der Waals surface area contributed by atoms with E-state index in [9.17, 15) is 9.59 Å². The minimum atomic E-state index is -0.984. The Morgan fingerprint density at radius 3 is 2.73 bits per heavy atom. The maximum absolute atomic E-state index is 12.3. The fourth-order valence-electron chi connectivity index (χ4n) is 2.76. The Morgan fingerprint density at radius 1 is 1.23 bits per heavy atom. The third-order valence-electron chi connectivity index (χ3n) is 3.90. The summed E-state index contributed by atoms with van der Waals surface area (Å²) in [5.41, 5.74) is 3.68. The lowest BCUT2D eigenvalue weighted by atomic mass is 10.0. The number of anilines is 2. The molecule has 1 aliphatic rings. The van der Waals surface area contributed by atoms with E-state index in [0.717, 1.165) is 16.8 Å². The van der Waals surface area contributed by atoms with Gasteiger partial charge in [0.15, 0.2) is 0 Å². The average Bonchev–Trinajstić information content (AvgIpc) is 2.82. The number of amides is 1. The third kappa shape index (κ3) is 2.30. The van der Waals surface area contributed by atoms with Gasteiger partial charge in [-0.25, -0.2) is 4.79 Å². The van der Waals surface area contributed by atoms with Crippen LogP contribution in [0.25, 0.3) is 0 Å². The van der Waals surface area contributed by atoms with Crippen LogP contribution in [-0.2, 0) is 4.79 Å². The number of benzene rings is 2. The van der Waals surface area contributed by atoms with Crippen molar-refractivity contribution in [2.75, 3.05) is 17.3 Å². The maximum atomic E-state index is 12.3. The van der Waals surface area contributed by atoms with Crippen LogP contribution in [0.1, 0.15) is 27.5 Å². The zero-order valence-corrected chi connectivity index (χ0v) is 12.3. The van der Waals surface area contributed by atoms with Crippen LogP contribution in [0.4, 0.5) is 11.4 Å².